The maximum atomic E-state index is 11.0. The number of amides is 1. The number of aryl methyl sites for hydroxylation is 3. The normalized spacial score (nSPS) is 11.4. The smallest absolute Gasteiger partial charge is 0.412 e. The molecule has 2 aromatic rings. The topological polar surface area (TPSA) is 49.3 Å². The van der Waals surface area contributed by atoms with Crippen LogP contribution in [0.25, 0.3) is 0 Å². The van der Waals surface area contributed by atoms with Crippen molar-refractivity contribution in [3.05, 3.63) is 52.9 Å². The van der Waals surface area contributed by atoms with Crippen LogP contribution in [0, 0.1) is 0 Å². The van der Waals surface area contributed by atoms with Crippen LogP contribution in [0.1, 0.15) is 37.3 Å². The first-order chi connectivity index (χ1) is 10.7. The molecule has 0 aliphatic heterocycles. The number of carboxylic acid groups (broad SMARTS) is 1. The molecular weight excluding hydrogens is 294 g/mol. The van der Waals surface area contributed by atoms with Crippen LogP contribution in [0.15, 0.2) is 41.8 Å². The maximum Gasteiger partial charge on any atom is 0.412 e. The van der Waals surface area contributed by atoms with Crippen molar-refractivity contribution in [2.45, 2.75) is 44.8 Å². The van der Waals surface area contributed by atoms with Gasteiger partial charge in [-0.2, -0.15) is 0 Å². The molecule has 0 saturated carbocycles. The second-order valence-electron chi connectivity index (χ2n) is 5.41. The van der Waals surface area contributed by atoms with Crippen molar-refractivity contribution in [3.8, 4) is 0 Å². The lowest BCUT2D eigenvalue weighted by Gasteiger charge is -2.02. The summed E-state index contributed by atoms with van der Waals surface area (Å²) in [7, 11) is -0.0857. The van der Waals surface area contributed by atoms with Gasteiger partial charge in [0.05, 0.1) is 0 Å². The van der Waals surface area contributed by atoms with Crippen molar-refractivity contribution < 1.29 is 9.90 Å². The molecule has 0 aliphatic rings. The molecule has 0 saturated heterocycles. The summed E-state index contributed by atoms with van der Waals surface area (Å²) in [6, 6.07) is 12.6. The van der Waals surface area contributed by atoms with E-state index in [0.29, 0.717) is 0 Å². The quantitative estimate of drug-likeness (QED) is 0.631. The van der Waals surface area contributed by atoms with E-state index in [-0.39, 0.29) is 10.5 Å². The molecule has 0 fully saturated rings. The molecule has 3 nitrogen and oxygen atoms in total. The lowest BCUT2D eigenvalue weighted by atomic mass is 10.1. The van der Waals surface area contributed by atoms with Crippen molar-refractivity contribution in [1.82, 2.24) is 0 Å². The highest BCUT2D eigenvalue weighted by Crippen LogP contribution is 2.37. The summed E-state index contributed by atoms with van der Waals surface area (Å²) in [6.07, 6.45) is 4.36. The monoisotopic (exact) mass is 318 g/mol. The lowest BCUT2D eigenvalue weighted by molar-refractivity contribution is 0.210. The molecule has 118 valence electrons. The van der Waals surface area contributed by atoms with Gasteiger partial charge in [-0.25, -0.2) is 10.1 Å². The Morgan fingerprint density at radius 1 is 1.14 bits per heavy atom. The summed E-state index contributed by atoms with van der Waals surface area (Å²) in [5, 5.41) is 14.8. The number of hydrogen-bond donors (Lipinski definition) is 2. The van der Waals surface area contributed by atoms with Crippen molar-refractivity contribution in [2.24, 2.45) is 0 Å². The third kappa shape index (κ3) is 4.88. The standard InChI is InChI=1S/C18H23NO2S/c1-2-3-11-16-12-14-22(17(16)19-18(20)21)13-7-10-15-8-5-4-6-9-15/h4-6,8-9,12,14,19H,2-3,7,10-11,13H2,1H3/p+1. The molecule has 0 radical (unpaired) electrons. The van der Waals surface area contributed by atoms with Crippen LogP contribution in [0.5, 0.6) is 0 Å². The summed E-state index contributed by atoms with van der Waals surface area (Å²) < 4.78 is 0. The summed E-state index contributed by atoms with van der Waals surface area (Å²) in [6.45, 7) is 2.16. The van der Waals surface area contributed by atoms with Gasteiger partial charge in [-0.3, -0.25) is 0 Å². The van der Waals surface area contributed by atoms with Gasteiger partial charge >= 0.3 is 6.09 Å². The average molecular weight is 318 g/mol. The maximum absolute atomic E-state index is 11.0. The fraction of sp³-hybridized carbons (Fsp3) is 0.389. The van der Waals surface area contributed by atoms with Gasteiger partial charge in [0.15, 0.2) is 0 Å². The largest absolute Gasteiger partial charge is 0.465 e. The van der Waals surface area contributed by atoms with Gasteiger partial charge in [0, 0.05) is 28.5 Å². The van der Waals surface area contributed by atoms with Gasteiger partial charge in [0.25, 0.3) is 5.00 Å². The Hall–Kier alpha value is -1.81. The van der Waals surface area contributed by atoms with Crippen LogP contribution >= 0.6 is 10.5 Å². The Morgan fingerprint density at radius 2 is 1.91 bits per heavy atom. The lowest BCUT2D eigenvalue weighted by Crippen LogP contribution is -2.08. The van der Waals surface area contributed by atoms with E-state index in [0.717, 1.165) is 42.9 Å². The SMILES string of the molecule is CCCCc1cc[s+](CCCc2ccccc2)c1NC(=O)O. The zero-order chi connectivity index (χ0) is 15.8. The fourth-order valence-electron chi connectivity index (χ4n) is 2.53. The summed E-state index contributed by atoms with van der Waals surface area (Å²) in [5.74, 6) is 1.01. The minimum atomic E-state index is -0.951. The number of unbranched alkanes of at least 4 members (excludes halogenated alkanes) is 1. The highest BCUT2D eigenvalue weighted by Gasteiger charge is 2.21. The number of rotatable bonds is 8. The molecule has 4 heteroatoms. The van der Waals surface area contributed by atoms with Gasteiger partial charge < -0.3 is 5.11 Å². The molecule has 0 aliphatic carbocycles. The molecular formula is C18H24NO2S+. The Kier molecular flexibility index (Phi) is 6.46. The van der Waals surface area contributed by atoms with Gasteiger partial charge in [-0.05, 0) is 24.8 Å². The number of benzene rings is 1. The molecule has 2 N–H and O–H groups in total. The number of anilines is 1. The molecule has 1 aromatic heterocycles. The van der Waals surface area contributed by atoms with E-state index in [4.69, 9.17) is 5.11 Å². The van der Waals surface area contributed by atoms with Crippen LogP contribution in [-0.4, -0.2) is 11.2 Å². The Labute approximate surface area is 135 Å². The molecule has 2 rings (SSSR count). The molecule has 22 heavy (non-hydrogen) atoms. The third-order valence-corrected chi connectivity index (χ3v) is 5.76. The number of thiophene rings is 1. The summed E-state index contributed by atoms with van der Waals surface area (Å²) in [4.78, 5) is 11.0. The molecule has 1 amide bonds. The van der Waals surface area contributed by atoms with Crippen LogP contribution in [-0.2, 0) is 18.6 Å². The second kappa shape index (κ2) is 8.59. The van der Waals surface area contributed by atoms with E-state index in [1.807, 2.05) is 6.07 Å². The van der Waals surface area contributed by atoms with Crippen LogP contribution in [0.4, 0.5) is 9.80 Å². The van der Waals surface area contributed by atoms with E-state index in [1.165, 1.54) is 11.1 Å². The highest BCUT2D eigenvalue weighted by molar-refractivity contribution is 7.33. The number of carbonyl (C=O) groups is 1. The van der Waals surface area contributed by atoms with Gasteiger partial charge in [0.1, 0.15) is 11.1 Å². The fourth-order valence-corrected chi connectivity index (χ4v) is 4.52. The van der Waals surface area contributed by atoms with Crippen LogP contribution in [0.3, 0.4) is 0 Å². The Bertz CT molecular complexity index is 592. The van der Waals surface area contributed by atoms with Crippen molar-refractivity contribution in [3.63, 3.8) is 0 Å². The van der Waals surface area contributed by atoms with Crippen LogP contribution in [0.2, 0.25) is 0 Å². The Morgan fingerprint density at radius 3 is 2.59 bits per heavy atom. The first kappa shape index (κ1) is 16.6. The third-order valence-electron chi connectivity index (χ3n) is 3.68. The Balaban J connectivity index is 1.99. The summed E-state index contributed by atoms with van der Waals surface area (Å²) >= 11 is 0. The predicted octanol–water partition coefficient (Wildman–Crippen LogP) is 5.50. The van der Waals surface area contributed by atoms with Crippen molar-refractivity contribution >= 4 is 21.6 Å². The van der Waals surface area contributed by atoms with Crippen LogP contribution < -0.4 is 5.32 Å². The zero-order valence-electron chi connectivity index (χ0n) is 13.0. The minimum absolute atomic E-state index is 0.0857. The van der Waals surface area contributed by atoms with Crippen molar-refractivity contribution in [2.75, 3.05) is 5.32 Å². The number of hydrogen-bond acceptors (Lipinski definition) is 1. The van der Waals surface area contributed by atoms with E-state index < -0.39 is 6.09 Å². The second-order valence-corrected chi connectivity index (χ2v) is 7.36. The molecule has 0 bridgehead atoms. The molecule has 1 unspecified atom stereocenters. The first-order valence-electron chi connectivity index (χ1n) is 7.85. The van der Waals surface area contributed by atoms with Gasteiger partial charge in [-0.1, -0.05) is 43.7 Å². The average Bonchev–Trinajstić information content (AvgIpc) is 2.88. The zero-order valence-corrected chi connectivity index (χ0v) is 13.9. The highest BCUT2D eigenvalue weighted by atomic mass is 32.2. The van der Waals surface area contributed by atoms with E-state index in [1.54, 1.807) is 0 Å². The van der Waals surface area contributed by atoms with E-state index in [9.17, 15) is 4.79 Å². The summed E-state index contributed by atoms with van der Waals surface area (Å²) in [5.41, 5.74) is 2.52. The van der Waals surface area contributed by atoms with E-state index >= 15 is 0 Å². The van der Waals surface area contributed by atoms with E-state index in [2.05, 4.69) is 48.0 Å². The minimum Gasteiger partial charge on any atom is -0.465 e. The van der Waals surface area contributed by atoms with Crippen molar-refractivity contribution in [1.29, 1.82) is 0 Å². The van der Waals surface area contributed by atoms with Gasteiger partial charge in [-0.15, -0.1) is 0 Å². The predicted molar refractivity (Wildman–Crippen MR) is 93.9 cm³/mol. The number of nitrogens with one attached hydrogen (secondary N) is 1. The molecule has 1 aromatic carbocycles. The molecule has 1 atom stereocenters. The van der Waals surface area contributed by atoms with Gasteiger partial charge in [0.2, 0.25) is 0 Å². The first-order valence-corrected chi connectivity index (χ1v) is 9.31. The molecule has 1 heterocycles. The molecule has 0 spiro atoms.